The standard InChI is InChI=1S/C23H30N2O6S/c1-4-5-9-29-11-12-30-22(26)14-25-19-13-17(6-7-20(19)31-16(2)23(25)27)18-15-32-21(24-18)8-10-28-3/h6-7,13,15-16H,4-5,8-12,14H2,1-3H3. The lowest BCUT2D eigenvalue weighted by Gasteiger charge is -2.32. The highest BCUT2D eigenvalue weighted by Crippen LogP contribution is 2.37. The van der Waals surface area contributed by atoms with Gasteiger partial charge in [0.1, 0.15) is 18.9 Å². The van der Waals surface area contributed by atoms with Gasteiger partial charge in [0.25, 0.3) is 5.91 Å². The Morgan fingerprint density at radius 3 is 2.88 bits per heavy atom. The van der Waals surface area contributed by atoms with Crippen LogP contribution in [0.1, 0.15) is 31.7 Å². The third kappa shape index (κ3) is 6.27. The van der Waals surface area contributed by atoms with Gasteiger partial charge in [-0.25, -0.2) is 4.98 Å². The zero-order valence-corrected chi connectivity index (χ0v) is 19.6. The average Bonchev–Trinajstić information content (AvgIpc) is 3.26. The van der Waals surface area contributed by atoms with Crippen molar-refractivity contribution in [3.8, 4) is 17.0 Å². The quantitative estimate of drug-likeness (QED) is 0.353. The molecule has 0 fully saturated rings. The minimum atomic E-state index is -0.682. The number of amides is 1. The largest absolute Gasteiger partial charge is 0.479 e. The normalized spacial score (nSPS) is 15.4. The second kappa shape index (κ2) is 11.9. The Labute approximate surface area is 192 Å². The first-order valence-corrected chi connectivity index (χ1v) is 11.7. The second-order valence-corrected chi connectivity index (χ2v) is 8.37. The number of ether oxygens (including phenoxy) is 4. The number of hydrogen-bond donors (Lipinski definition) is 0. The van der Waals surface area contributed by atoms with Crippen LogP contribution in [-0.4, -0.2) is 63.0 Å². The van der Waals surface area contributed by atoms with Gasteiger partial charge >= 0.3 is 5.97 Å². The van der Waals surface area contributed by atoms with Crippen molar-refractivity contribution in [3.63, 3.8) is 0 Å². The molecule has 1 aromatic heterocycles. The molecule has 0 saturated heterocycles. The van der Waals surface area contributed by atoms with Crippen molar-refractivity contribution in [3.05, 3.63) is 28.6 Å². The Bertz CT molecular complexity index is 916. The van der Waals surface area contributed by atoms with E-state index in [-0.39, 0.29) is 19.1 Å². The van der Waals surface area contributed by atoms with E-state index < -0.39 is 12.1 Å². The molecule has 2 aromatic rings. The fourth-order valence-electron chi connectivity index (χ4n) is 3.21. The zero-order valence-electron chi connectivity index (χ0n) is 18.8. The number of carbonyl (C=O) groups excluding carboxylic acids is 2. The molecule has 1 aliphatic heterocycles. The highest BCUT2D eigenvalue weighted by molar-refractivity contribution is 7.09. The maximum Gasteiger partial charge on any atom is 0.326 e. The average molecular weight is 463 g/mol. The van der Waals surface area contributed by atoms with Crippen LogP contribution in [0.3, 0.4) is 0 Å². The number of methoxy groups -OCH3 is 1. The molecular formula is C23H30N2O6S. The number of unbranched alkanes of at least 4 members (excludes halogenated alkanes) is 1. The summed E-state index contributed by atoms with van der Waals surface area (Å²) < 4.78 is 21.5. The van der Waals surface area contributed by atoms with Crippen molar-refractivity contribution in [1.29, 1.82) is 0 Å². The van der Waals surface area contributed by atoms with Gasteiger partial charge in [0, 0.05) is 31.1 Å². The number of anilines is 1. The van der Waals surface area contributed by atoms with Crippen LogP contribution >= 0.6 is 11.3 Å². The molecule has 9 heteroatoms. The van der Waals surface area contributed by atoms with Gasteiger partial charge in [0.2, 0.25) is 0 Å². The zero-order chi connectivity index (χ0) is 22.9. The van der Waals surface area contributed by atoms with Gasteiger partial charge < -0.3 is 18.9 Å². The maximum absolute atomic E-state index is 12.8. The van der Waals surface area contributed by atoms with E-state index in [0.29, 0.717) is 31.3 Å². The smallest absolute Gasteiger partial charge is 0.326 e. The number of fused-ring (bicyclic) bond motifs is 1. The van der Waals surface area contributed by atoms with Crippen LogP contribution in [0.4, 0.5) is 5.69 Å². The molecule has 0 bridgehead atoms. The van der Waals surface area contributed by atoms with Crippen LogP contribution < -0.4 is 9.64 Å². The molecule has 1 aliphatic rings. The van der Waals surface area contributed by atoms with Crippen LogP contribution in [0.15, 0.2) is 23.6 Å². The number of benzene rings is 1. The number of thiazole rings is 1. The third-order valence-corrected chi connectivity index (χ3v) is 5.86. The summed E-state index contributed by atoms with van der Waals surface area (Å²) in [7, 11) is 1.66. The summed E-state index contributed by atoms with van der Waals surface area (Å²) in [6.45, 7) is 5.32. The van der Waals surface area contributed by atoms with Gasteiger partial charge in [-0.2, -0.15) is 0 Å². The molecule has 1 atom stereocenters. The molecular weight excluding hydrogens is 432 g/mol. The number of hydrogen-bond acceptors (Lipinski definition) is 8. The van der Waals surface area contributed by atoms with Crippen molar-refractivity contribution in [2.24, 2.45) is 0 Å². The van der Waals surface area contributed by atoms with E-state index >= 15 is 0 Å². The molecule has 0 N–H and O–H groups in total. The van der Waals surface area contributed by atoms with Gasteiger partial charge in [-0.05, 0) is 31.5 Å². The predicted octanol–water partition coefficient (Wildman–Crippen LogP) is 3.47. The molecule has 3 rings (SSSR count). The molecule has 1 aromatic carbocycles. The summed E-state index contributed by atoms with van der Waals surface area (Å²) in [6.07, 6.45) is 2.08. The monoisotopic (exact) mass is 462 g/mol. The van der Waals surface area contributed by atoms with Crippen LogP contribution in [0.25, 0.3) is 11.3 Å². The highest BCUT2D eigenvalue weighted by Gasteiger charge is 2.33. The minimum absolute atomic E-state index is 0.159. The second-order valence-electron chi connectivity index (χ2n) is 7.42. The van der Waals surface area contributed by atoms with Crippen molar-refractivity contribution in [1.82, 2.24) is 4.98 Å². The Morgan fingerprint density at radius 2 is 2.09 bits per heavy atom. The molecule has 8 nitrogen and oxygen atoms in total. The van der Waals surface area contributed by atoms with Crippen molar-refractivity contribution in [2.75, 3.05) is 45.0 Å². The van der Waals surface area contributed by atoms with E-state index in [1.807, 2.05) is 23.6 Å². The molecule has 2 heterocycles. The number of aromatic nitrogens is 1. The topological polar surface area (TPSA) is 87.2 Å². The van der Waals surface area contributed by atoms with Gasteiger partial charge in [-0.3, -0.25) is 14.5 Å². The van der Waals surface area contributed by atoms with Crippen LogP contribution in [0.5, 0.6) is 5.75 Å². The third-order valence-electron chi connectivity index (χ3n) is 4.96. The lowest BCUT2D eigenvalue weighted by Crippen LogP contribution is -2.47. The number of rotatable bonds is 12. The molecule has 1 amide bonds. The fourth-order valence-corrected chi connectivity index (χ4v) is 4.00. The minimum Gasteiger partial charge on any atom is -0.479 e. The predicted molar refractivity (Wildman–Crippen MR) is 122 cm³/mol. The van der Waals surface area contributed by atoms with Crippen LogP contribution in [0, 0.1) is 0 Å². The number of nitrogens with zero attached hydrogens (tertiary/aromatic N) is 2. The summed E-state index contributed by atoms with van der Waals surface area (Å²) in [4.78, 5) is 31.2. The van der Waals surface area contributed by atoms with Crippen LogP contribution in [-0.2, 0) is 30.2 Å². The first-order chi connectivity index (χ1) is 15.5. The van der Waals surface area contributed by atoms with E-state index in [0.717, 1.165) is 35.5 Å². The summed E-state index contributed by atoms with van der Waals surface area (Å²) in [6, 6.07) is 5.54. The van der Waals surface area contributed by atoms with Gasteiger partial charge in [-0.1, -0.05) is 13.3 Å². The molecule has 1 unspecified atom stereocenters. The summed E-state index contributed by atoms with van der Waals surface area (Å²) in [5.41, 5.74) is 2.19. The van der Waals surface area contributed by atoms with E-state index in [1.54, 1.807) is 25.4 Å². The maximum atomic E-state index is 12.8. The van der Waals surface area contributed by atoms with Gasteiger partial charge in [0.05, 0.1) is 29.6 Å². The number of esters is 1. The van der Waals surface area contributed by atoms with Gasteiger partial charge in [0.15, 0.2) is 6.10 Å². The van der Waals surface area contributed by atoms with Crippen molar-refractivity contribution >= 4 is 28.9 Å². The highest BCUT2D eigenvalue weighted by atomic mass is 32.1. The lowest BCUT2D eigenvalue weighted by atomic mass is 10.1. The summed E-state index contributed by atoms with van der Waals surface area (Å²) >= 11 is 1.56. The molecule has 174 valence electrons. The van der Waals surface area contributed by atoms with E-state index in [9.17, 15) is 9.59 Å². The van der Waals surface area contributed by atoms with E-state index in [4.69, 9.17) is 18.9 Å². The summed E-state index contributed by atoms with van der Waals surface area (Å²) in [5.74, 6) is -0.227. The Hall–Kier alpha value is -2.49. The van der Waals surface area contributed by atoms with E-state index in [2.05, 4.69) is 11.9 Å². The SMILES string of the molecule is CCCCOCCOC(=O)CN1C(=O)C(C)Oc2ccc(-c3csc(CCOC)n3)cc21. The van der Waals surface area contributed by atoms with Crippen molar-refractivity contribution < 1.29 is 28.5 Å². The van der Waals surface area contributed by atoms with Crippen molar-refractivity contribution in [2.45, 2.75) is 39.2 Å². The molecule has 0 aliphatic carbocycles. The molecule has 0 spiro atoms. The molecule has 0 radical (unpaired) electrons. The first-order valence-electron chi connectivity index (χ1n) is 10.8. The number of carbonyl (C=O) groups is 2. The first kappa shape index (κ1) is 24.2. The molecule has 32 heavy (non-hydrogen) atoms. The van der Waals surface area contributed by atoms with Gasteiger partial charge in [-0.15, -0.1) is 11.3 Å². The Balaban J connectivity index is 1.70. The summed E-state index contributed by atoms with van der Waals surface area (Å²) in [5, 5.41) is 2.94. The molecule has 0 saturated carbocycles. The van der Waals surface area contributed by atoms with Crippen LogP contribution in [0.2, 0.25) is 0 Å². The Morgan fingerprint density at radius 1 is 1.25 bits per heavy atom. The Kier molecular flexibility index (Phi) is 9.01. The lowest BCUT2D eigenvalue weighted by molar-refractivity contribution is -0.144. The van der Waals surface area contributed by atoms with E-state index in [1.165, 1.54) is 4.90 Å². The fraction of sp³-hybridized carbons (Fsp3) is 0.522.